The van der Waals surface area contributed by atoms with Crippen LogP contribution in [0.2, 0.25) is 0 Å². The number of hydrogen-bond acceptors (Lipinski definition) is 10. The van der Waals surface area contributed by atoms with Gasteiger partial charge in [-0.25, -0.2) is 18.4 Å². The van der Waals surface area contributed by atoms with Gasteiger partial charge in [0, 0.05) is 30.4 Å². The number of methoxy groups -OCH3 is 1. The molecule has 0 saturated carbocycles. The first-order valence-corrected chi connectivity index (χ1v) is 15.7. The summed E-state index contributed by atoms with van der Waals surface area (Å²) in [4.78, 5) is 15.7. The predicted molar refractivity (Wildman–Crippen MR) is 164 cm³/mol. The summed E-state index contributed by atoms with van der Waals surface area (Å²) in [6, 6.07) is 21.1. The van der Waals surface area contributed by atoms with Crippen LogP contribution in [0.15, 0.2) is 88.9 Å². The Hall–Kier alpha value is -4.22. The van der Waals surface area contributed by atoms with E-state index in [1.165, 1.54) is 25.6 Å². The van der Waals surface area contributed by atoms with Gasteiger partial charge in [-0.15, -0.1) is 0 Å². The van der Waals surface area contributed by atoms with Crippen molar-refractivity contribution in [2.75, 3.05) is 42.3 Å². The Morgan fingerprint density at radius 1 is 0.857 bits per heavy atom. The predicted octanol–water partition coefficient (Wildman–Crippen LogP) is 5.31. The van der Waals surface area contributed by atoms with Crippen molar-refractivity contribution in [3.05, 3.63) is 79.1 Å². The zero-order valence-electron chi connectivity index (χ0n) is 23.6. The number of ether oxygens (including phenoxy) is 1. The van der Waals surface area contributed by atoms with Crippen LogP contribution in [0.5, 0.6) is 5.75 Å². The van der Waals surface area contributed by atoms with Crippen LogP contribution in [0, 0.1) is 0 Å². The zero-order chi connectivity index (χ0) is 29.0. The number of hydrogen-bond donors (Lipinski definition) is 3. The average molecular weight is 586 g/mol. The number of nitrogens with one attached hydrogen (secondary N) is 3. The molecular weight excluding hydrogens is 550 g/mol. The highest BCUT2D eigenvalue weighted by molar-refractivity contribution is 7.91. The van der Waals surface area contributed by atoms with Crippen molar-refractivity contribution in [2.45, 2.75) is 47.4 Å². The molecule has 2 aliphatic heterocycles. The molecule has 10 nitrogen and oxygen atoms in total. The van der Waals surface area contributed by atoms with E-state index in [1.54, 1.807) is 61.7 Å². The Balaban J connectivity index is 1.17. The number of anilines is 5. The maximum absolute atomic E-state index is 13.3. The molecule has 2 fully saturated rings. The zero-order valence-corrected chi connectivity index (χ0v) is 24.4. The molecule has 2 aliphatic rings. The lowest BCUT2D eigenvalue weighted by atomic mass is 9.80. The molecule has 42 heavy (non-hydrogen) atoms. The highest BCUT2D eigenvalue weighted by Crippen LogP contribution is 2.36. The van der Waals surface area contributed by atoms with E-state index in [0.29, 0.717) is 28.6 Å². The molecule has 218 valence electrons. The van der Waals surface area contributed by atoms with E-state index in [2.05, 4.69) is 41.9 Å². The second kappa shape index (κ2) is 11.9. The van der Waals surface area contributed by atoms with Gasteiger partial charge in [0.15, 0.2) is 0 Å². The fourth-order valence-corrected chi connectivity index (χ4v) is 7.25. The Labute approximate surface area is 246 Å². The van der Waals surface area contributed by atoms with E-state index in [4.69, 9.17) is 4.74 Å². The van der Waals surface area contributed by atoms with Crippen LogP contribution in [0.1, 0.15) is 32.1 Å². The fraction of sp³-hybridized carbons (Fsp3) is 0.323. The number of aromatic nitrogens is 3. The van der Waals surface area contributed by atoms with Crippen LogP contribution in [-0.4, -0.2) is 55.7 Å². The minimum atomic E-state index is -3.75. The molecule has 6 rings (SSSR count). The lowest BCUT2D eigenvalue weighted by Crippen LogP contribution is -2.55. The van der Waals surface area contributed by atoms with Gasteiger partial charge in [-0.3, -0.25) is 0 Å². The van der Waals surface area contributed by atoms with Crippen molar-refractivity contribution in [3.8, 4) is 5.75 Å². The van der Waals surface area contributed by atoms with Gasteiger partial charge in [-0.2, -0.15) is 4.98 Å². The van der Waals surface area contributed by atoms with E-state index in [-0.39, 0.29) is 15.7 Å². The molecule has 11 heteroatoms. The quantitative estimate of drug-likeness (QED) is 0.251. The molecule has 3 heterocycles. The van der Waals surface area contributed by atoms with Crippen LogP contribution in [0.3, 0.4) is 0 Å². The maximum Gasteiger partial charge on any atom is 0.232 e. The average Bonchev–Trinajstić information content (AvgIpc) is 3.03. The van der Waals surface area contributed by atoms with Gasteiger partial charge in [-0.05, 0) is 68.6 Å². The number of rotatable bonds is 8. The van der Waals surface area contributed by atoms with Crippen LogP contribution in [0.25, 0.3) is 0 Å². The van der Waals surface area contributed by atoms with Gasteiger partial charge >= 0.3 is 0 Å². The lowest BCUT2D eigenvalue weighted by Gasteiger charge is -2.45. The Bertz CT molecular complexity index is 1630. The second-order valence-corrected chi connectivity index (χ2v) is 12.6. The van der Waals surface area contributed by atoms with Gasteiger partial charge < -0.3 is 25.6 Å². The van der Waals surface area contributed by atoms with Crippen molar-refractivity contribution in [2.24, 2.45) is 0 Å². The molecule has 1 spiro atoms. The topological polar surface area (TPSA) is 121 Å². The first kappa shape index (κ1) is 27.9. The Kier molecular flexibility index (Phi) is 7.94. The van der Waals surface area contributed by atoms with E-state index in [1.807, 2.05) is 12.1 Å². The molecule has 1 aromatic heterocycles. The highest BCUT2D eigenvalue weighted by Gasteiger charge is 2.35. The molecule has 3 N–H and O–H groups in total. The number of nitrogens with zero attached hydrogens (tertiary/aromatic N) is 4. The summed E-state index contributed by atoms with van der Waals surface area (Å²) in [6.07, 6.45) is 7.52. The minimum absolute atomic E-state index is 0.131. The third kappa shape index (κ3) is 5.88. The normalized spacial score (nSPS) is 16.6. The molecule has 4 aromatic rings. The summed E-state index contributed by atoms with van der Waals surface area (Å²) in [5.74, 6) is 1.18. The summed E-state index contributed by atoms with van der Waals surface area (Å²) in [7, 11) is -2.11. The Morgan fingerprint density at radius 2 is 1.57 bits per heavy atom. The summed E-state index contributed by atoms with van der Waals surface area (Å²) in [5.41, 5.74) is 2.51. The van der Waals surface area contributed by atoms with E-state index < -0.39 is 9.84 Å². The summed E-state index contributed by atoms with van der Waals surface area (Å²) >= 11 is 0. The summed E-state index contributed by atoms with van der Waals surface area (Å²) in [5, 5.41) is 10.1. The standard InChI is InChI=1S/C31H35N7O3S/c1-41-27-21-23(38-19-16-31(17-20-38)15-7-8-18-34-31)13-14-25(27)35-29-32-22-33-30(37-29)36-26-11-5-6-12-28(26)42(39,40)24-9-3-2-4-10-24/h2-6,9-14,21-22,34H,7-8,15-20H2,1H3,(H2,32,33,35,36,37). The molecule has 0 amide bonds. The first-order chi connectivity index (χ1) is 20.5. The largest absolute Gasteiger partial charge is 0.494 e. The van der Waals surface area contributed by atoms with Gasteiger partial charge in [0.25, 0.3) is 0 Å². The number of sulfone groups is 1. The van der Waals surface area contributed by atoms with Gasteiger partial charge in [0.1, 0.15) is 12.1 Å². The molecule has 0 unspecified atom stereocenters. The first-order valence-electron chi connectivity index (χ1n) is 14.3. The van der Waals surface area contributed by atoms with Crippen molar-refractivity contribution in [1.82, 2.24) is 20.3 Å². The third-order valence-electron chi connectivity index (χ3n) is 8.15. The minimum Gasteiger partial charge on any atom is -0.494 e. The monoisotopic (exact) mass is 585 g/mol. The molecule has 3 aromatic carbocycles. The summed E-state index contributed by atoms with van der Waals surface area (Å²) in [6.45, 7) is 3.14. The number of piperidine rings is 2. The number of benzene rings is 3. The molecular formula is C31H35N7O3S. The third-order valence-corrected chi connectivity index (χ3v) is 9.98. The van der Waals surface area contributed by atoms with Crippen LogP contribution in [0.4, 0.5) is 29.0 Å². The van der Waals surface area contributed by atoms with Gasteiger partial charge in [0.05, 0.1) is 28.3 Å². The fourth-order valence-electron chi connectivity index (χ4n) is 5.82. The van der Waals surface area contributed by atoms with Crippen LogP contribution in [-0.2, 0) is 9.84 Å². The second-order valence-electron chi connectivity index (χ2n) is 10.7. The SMILES string of the molecule is COc1cc(N2CCC3(CCCCN3)CC2)ccc1Nc1ncnc(Nc2ccccc2S(=O)(=O)c2ccccc2)n1. The van der Waals surface area contributed by atoms with Crippen molar-refractivity contribution < 1.29 is 13.2 Å². The van der Waals surface area contributed by atoms with Gasteiger partial charge in [0.2, 0.25) is 21.7 Å². The Morgan fingerprint density at radius 3 is 2.29 bits per heavy atom. The van der Waals surface area contributed by atoms with Crippen LogP contribution < -0.4 is 25.6 Å². The van der Waals surface area contributed by atoms with Crippen molar-refractivity contribution in [3.63, 3.8) is 0 Å². The molecule has 0 radical (unpaired) electrons. The van der Waals surface area contributed by atoms with E-state index in [9.17, 15) is 8.42 Å². The van der Waals surface area contributed by atoms with E-state index >= 15 is 0 Å². The maximum atomic E-state index is 13.3. The molecule has 0 bridgehead atoms. The van der Waals surface area contributed by atoms with E-state index in [0.717, 1.165) is 38.2 Å². The van der Waals surface area contributed by atoms with Crippen molar-refractivity contribution >= 4 is 38.8 Å². The van der Waals surface area contributed by atoms with Crippen molar-refractivity contribution in [1.29, 1.82) is 0 Å². The van der Waals surface area contributed by atoms with Gasteiger partial charge in [-0.1, -0.05) is 36.8 Å². The molecule has 0 aliphatic carbocycles. The molecule has 2 saturated heterocycles. The van der Waals surface area contributed by atoms with Crippen LogP contribution >= 0.6 is 0 Å². The molecule has 0 atom stereocenters. The highest BCUT2D eigenvalue weighted by atomic mass is 32.2. The smallest absolute Gasteiger partial charge is 0.232 e. The lowest BCUT2D eigenvalue weighted by molar-refractivity contribution is 0.206. The number of para-hydroxylation sites is 1. The summed E-state index contributed by atoms with van der Waals surface area (Å²) < 4.78 is 32.4.